The fourth-order valence-corrected chi connectivity index (χ4v) is 5.46. The Morgan fingerprint density at radius 3 is 2.13 bits per heavy atom. The van der Waals surface area contributed by atoms with Crippen LogP contribution >= 0.6 is 0 Å². The van der Waals surface area contributed by atoms with Gasteiger partial charge in [-0.2, -0.15) is 17.0 Å². The number of nitrogens with zero attached hydrogens (tertiary/aromatic N) is 4. The molecule has 1 amide bonds. The van der Waals surface area contributed by atoms with E-state index in [9.17, 15) is 18.3 Å². The van der Waals surface area contributed by atoms with Gasteiger partial charge in [-0.15, -0.1) is 0 Å². The molecule has 9 heteroatoms. The molecule has 3 aliphatic rings. The Morgan fingerprint density at radius 2 is 1.57 bits per heavy atom. The van der Waals surface area contributed by atoms with Gasteiger partial charge in [0.05, 0.1) is 12.1 Å². The predicted octanol–water partition coefficient (Wildman–Crippen LogP) is -1.46. The normalized spacial score (nSPS) is 31.8. The quantitative estimate of drug-likeness (QED) is 0.675. The van der Waals surface area contributed by atoms with E-state index in [1.165, 1.54) is 8.61 Å². The summed E-state index contributed by atoms with van der Waals surface area (Å²) in [5.74, 6) is 0.0647. The Bertz CT molecular complexity index is 541. The number of carbonyl (C=O) groups excluding carboxylic acids is 1. The van der Waals surface area contributed by atoms with Crippen molar-refractivity contribution in [3.8, 4) is 0 Å². The van der Waals surface area contributed by atoms with Gasteiger partial charge in [0.2, 0.25) is 5.91 Å². The van der Waals surface area contributed by atoms with Gasteiger partial charge in [0, 0.05) is 59.3 Å². The van der Waals surface area contributed by atoms with Crippen LogP contribution in [0.2, 0.25) is 0 Å². The first-order chi connectivity index (χ1) is 10.9. The Hall–Kier alpha value is -0.740. The number of piperazine rings is 1. The summed E-state index contributed by atoms with van der Waals surface area (Å²) in [5.41, 5.74) is 0. The van der Waals surface area contributed by atoms with E-state index in [-0.39, 0.29) is 18.5 Å². The highest BCUT2D eigenvalue weighted by molar-refractivity contribution is 7.86. The summed E-state index contributed by atoms with van der Waals surface area (Å²) < 4.78 is 28.2. The van der Waals surface area contributed by atoms with Crippen molar-refractivity contribution >= 4 is 16.1 Å². The Morgan fingerprint density at radius 1 is 0.957 bits per heavy atom. The molecule has 0 aromatic rings. The zero-order valence-corrected chi connectivity index (χ0v) is 14.4. The van der Waals surface area contributed by atoms with Crippen molar-refractivity contribution in [3.63, 3.8) is 0 Å². The Balaban J connectivity index is 1.62. The molecule has 1 N–H and O–H groups in total. The van der Waals surface area contributed by atoms with Gasteiger partial charge in [-0.25, -0.2) is 0 Å². The van der Waals surface area contributed by atoms with Gasteiger partial charge in [-0.05, 0) is 12.8 Å². The first-order valence-corrected chi connectivity index (χ1v) is 9.72. The van der Waals surface area contributed by atoms with E-state index < -0.39 is 16.3 Å². The first kappa shape index (κ1) is 17.1. The van der Waals surface area contributed by atoms with Crippen molar-refractivity contribution in [3.05, 3.63) is 0 Å². The molecule has 3 rings (SSSR count). The number of β-amino-alcohol motifs (C(OH)–C–C–N with tert-alkyl or cyclic N) is 1. The lowest BCUT2D eigenvalue weighted by molar-refractivity contribution is -0.131. The molecular weight excluding hydrogens is 320 g/mol. The third-order valence-electron chi connectivity index (χ3n) is 5.17. The molecule has 132 valence electrons. The molecular formula is C14H26N4O4S. The highest BCUT2D eigenvalue weighted by Gasteiger charge is 2.43. The molecule has 8 nitrogen and oxygen atoms in total. The van der Waals surface area contributed by atoms with E-state index in [0.717, 1.165) is 12.8 Å². The molecule has 3 fully saturated rings. The smallest absolute Gasteiger partial charge is 0.282 e. The summed E-state index contributed by atoms with van der Waals surface area (Å²) in [6.07, 6.45) is 1.15. The van der Waals surface area contributed by atoms with Gasteiger partial charge in [-0.1, -0.05) is 0 Å². The minimum absolute atomic E-state index is 0.0647. The average Bonchev–Trinajstić information content (AvgIpc) is 3.17. The van der Waals surface area contributed by atoms with Crippen LogP contribution in [-0.4, -0.2) is 102 Å². The highest BCUT2D eigenvalue weighted by Crippen LogP contribution is 2.24. The molecule has 0 aromatic carbocycles. The van der Waals surface area contributed by atoms with Crippen molar-refractivity contribution in [1.29, 1.82) is 0 Å². The van der Waals surface area contributed by atoms with Crippen molar-refractivity contribution in [1.82, 2.24) is 18.4 Å². The number of carbonyl (C=O) groups is 1. The lowest BCUT2D eigenvalue weighted by atomic mass is 10.1. The van der Waals surface area contributed by atoms with Crippen LogP contribution in [0.1, 0.15) is 19.8 Å². The molecule has 0 bridgehead atoms. The molecule has 0 unspecified atom stereocenters. The number of hydrogen-bond acceptors (Lipinski definition) is 5. The molecule has 2 atom stereocenters. The molecule has 3 heterocycles. The summed E-state index contributed by atoms with van der Waals surface area (Å²) in [4.78, 5) is 15.3. The molecule has 3 saturated heterocycles. The standard InChI is InChI=1S/C14H26N4O4S/c1-12(19)15-6-8-16(9-7-15)13-10-18(11-14(13)20)23(21,22)17-4-2-3-5-17/h13-14,20H,2-11H2,1H3/t13-,14-/m1/s1. The maximum Gasteiger partial charge on any atom is 0.282 e. The summed E-state index contributed by atoms with van der Waals surface area (Å²) in [7, 11) is -3.45. The lowest BCUT2D eigenvalue weighted by Crippen LogP contribution is -2.54. The highest BCUT2D eigenvalue weighted by atomic mass is 32.2. The molecule has 0 saturated carbocycles. The van der Waals surface area contributed by atoms with Gasteiger partial charge in [-0.3, -0.25) is 9.69 Å². The number of amides is 1. The van der Waals surface area contributed by atoms with Gasteiger partial charge in [0.25, 0.3) is 10.2 Å². The maximum atomic E-state index is 12.6. The average molecular weight is 346 g/mol. The SMILES string of the molecule is CC(=O)N1CCN([C@@H]2CN(S(=O)(=O)N3CCCC3)C[C@H]2O)CC1. The summed E-state index contributed by atoms with van der Waals surface area (Å²) in [6, 6.07) is -0.179. The van der Waals surface area contributed by atoms with Crippen LogP contribution in [0.5, 0.6) is 0 Å². The fourth-order valence-electron chi connectivity index (χ4n) is 3.73. The summed E-state index contributed by atoms with van der Waals surface area (Å²) in [5, 5.41) is 10.3. The van der Waals surface area contributed by atoms with E-state index >= 15 is 0 Å². The van der Waals surface area contributed by atoms with Crippen LogP contribution < -0.4 is 0 Å². The van der Waals surface area contributed by atoms with Crippen LogP contribution in [-0.2, 0) is 15.0 Å². The third kappa shape index (κ3) is 3.39. The Kier molecular flexibility index (Phi) is 4.93. The summed E-state index contributed by atoms with van der Waals surface area (Å²) in [6.45, 7) is 5.85. The van der Waals surface area contributed by atoms with Crippen LogP contribution in [0.25, 0.3) is 0 Å². The molecule has 0 spiro atoms. The molecule has 23 heavy (non-hydrogen) atoms. The third-order valence-corrected chi connectivity index (χ3v) is 7.14. The van der Waals surface area contributed by atoms with Crippen LogP contribution in [0.15, 0.2) is 0 Å². The predicted molar refractivity (Wildman–Crippen MR) is 84.9 cm³/mol. The topological polar surface area (TPSA) is 84.4 Å². The van der Waals surface area contributed by atoms with E-state index in [1.807, 2.05) is 0 Å². The van der Waals surface area contributed by atoms with Crippen molar-refractivity contribution in [2.24, 2.45) is 0 Å². The first-order valence-electron chi connectivity index (χ1n) is 8.32. The lowest BCUT2D eigenvalue weighted by Gasteiger charge is -2.38. The number of rotatable bonds is 3. The molecule has 0 aromatic heterocycles. The monoisotopic (exact) mass is 346 g/mol. The number of aliphatic hydroxyl groups is 1. The van der Waals surface area contributed by atoms with Crippen LogP contribution in [0.4, 0.5) is 0 Å². The zero-order valence-electron chi connectivity index (χ0n) is 13.6. The number of hydrogen-bond donors (Lipinski definition) is 1. The Labute approximate surface area is 137 Å². The van der Waals surface area contributed by atoms with Gasteiger partial charge < -0.3 is 10.0 Å². The van der Waals surface area contributed by atoms with Gasteiger partial charge in [0.1, 0.15) is 0 Å². The fraction of sp³-hybridized carbons (Fsp3) is 0.929. The van der Waals surface area contributed by atoms with Gasteiger partial charge in [0.15, 0.2) is 0 Å². The largest absolute Gasteiger partial charge is 0.390 e. The van der Waals surface area contributed by atoms with E-state index in [2.05, 4.69) is 4.90 Å². The maximum absolute atomic E-state index is 12.6. The van der Waals surface area contributed by atoms with E-state index in [1.54, 1.807) is 11.8 Å². The minimum atomic E-state index is -3.45. The molecule has 3 aliphatic heterocycles. The van der Waals surface area contributed by atoms with E-state index in [0.29, 0.717) is 45.8 Å². The van der Waals surface area contributed by atoms with Crippen molar-refractivity contribution in [2.45, 2.75) is 31.9 Å². The second-order valence-corrected chi connectivity index (χ2v) is 8.54. The van der Waals surface area contributed by atoms with E-state index in [4.69, 9.17) is 0 Å². The van der Waals surface area contributed by atoms with Crippen LogP contribution in [0, 0.1) is 0 Å². The zero-order chi connectivity index (χ0) is 16.6. The van der Waals surface area contributed by atoms with Crippen molar-refractivity contribution in [2.75, 3.05) is 52.4 Å². The number of aliphatic hydroxyl groups excluding tert-OH is 1. The van der Waals surface area contributed by atoms with Crippen LogP contribution in [0.3, 0.4) is 0 Å². The summed E-state index contributed by atoms with van der Waals surface area (Å²) >= 11 is 0. The second kappa shape index (κ2) is 6.64. The van der Waals surface area contributed by atoms with Crippen molar-refractivity contribution < 1.29 is 18.3 Å². The molecule has 0 radical (unpaired) electrons. The van der Waals surface area contributed by atoms with Gasteiger partial charge >= 0.3 is 0 Å². The minimum Gasteiger partial charge on any atom is -0.390 e. The molecule has 0 aliphatic carbocycles. The second-order valence-electron chi connectivity index (χ2n) is 6.61.